The maximum absolute atomic E-state index is 11.6. The van der Waals surface area contributed by atoms with Gasteiger partial charge in [-0.15, -0.1) is 0 Å². The van der Waals surface area contributed by atoms with Crippen molar-refractivity contribution in [3.63, 3.8) is 0 Å². The molecule has 0 aromatic heterocycles. The van der Waals surface area contributed by atoms with Crippen molar-refractivity contribution in [2.75, 3.05) is 39.6 Å². The second-order valence-electron chi connectivity index (χ2n) is 10.2. The summed E-state index contributed by atoms with van der Waals surface area (Å²) in [6.07, 6.45) is 5.11. The number of aliphatic carboxylic acids is 2. The number of carbonyl (C=O) groups is 6. The van der Waals surface area contributed by atoms with E-state index in [1.54, 1.807) is 0 Å². The minimum Gasteiger partial charge on any atom is -0.481 e. The number of carboxylic acids is 2. The number of ketones is 2. The van der Waals surface area contributed by atoms with Crippen LogP contribution in [0.15, 0.2) is 72.8 Å². The molecular weight excluding hydrogens is 612 g/mol. The Kier molecular flexibility index (Phi) is 22.3. The van der Waals surface area contributed by atoms with Gasteiger partial charge in [0, 0.05) is 38.0 Å². The minimum atomic E-state index is -1.30. The van der Waals surface area contributed by atoms with Gasteiger partial charge >= 0.3 is 11.9 Å². The van der Waals surface area contributed by atoms with Crippen LogP contribution >= 0.6 is 0 Å². The van der Waals surface area contributed by atoms with Gasteiger partial charge in [0.15, 0.2) is 5.78 Å². The zero-order chi connectivity index (χ0) is 34.7. The Morgan fingerprint density at radius 3 is 1.62 bits per heavy atom. The predicted molar refractivity (Wildman–Crippen MR) is 171 cm³/mol. The van der Waals surface area contributed by atoms with Gasteiger partial charge in [0.1, 0.15) is 44.4 Å². The van der Waals surface area contributed by atoms with Crippen LogP contribution in [0.1, 0.15) is 36.8 Å². The van der Waals surface area contributed by atoms with E-state index in [9.17, 15) is 28.8 Å². The molecule has 13 nitrogen and oxygen atoms in total. The van der Waals surface area contributed by atoms with Crippen molar-refractivity contribution in [1.82, 2.24) is 4.90 Å². The Bertz CT molecular complexity index is 1190. The highest BCUT2D eigenvalue weighted by Crippen LogP contribution is 2.27. The summed E-state index contributed by atoms with van der Waals surface area (Å²) >= 11 is 0. The molecule has 5 rings (SSSR count). The van der Waals surface area contributed by atoms with Crippen molar-refractivity contribution >= 4 is 36.1 Å². The highest BCUT2D eigenvalue weighted by Gasteiger charge is 2.38. The zero-order valence-corrected chi connectivity index (χ0v) is 26.3. The lowest BCUT2D eigenvalue weighted by Crippen LogP contribution is -2.56. The van der Waals surface area contributed by atoms with E-state index in [2.05, 4.69) is 33.9 Å². The number of nitrogens with zero attached hydrogens (tertiary/aromatic N) is 1. The summed E-state index contributed by atoms with van der Waals surface area (Å²) < 4.78 is 14.8. The van der Waals surface area contributed by atoms with Gasteiger partial charge in [-0.25, -0.2) is 0 Å². The predicted octanol–water partition coefficient (Wildman–Crippen LogP) is 2.24. The quantitative estimate of drug-likeness (QED) is 0.138. The molecule has 0 spiro atoms. The summed E-state index contributed by atoms with van der Waals surface area (Å²) in [6.45, 7) is 4.65. The molecule has 4 N–H and O–H groups in total. The number of nitrogens with two attached hydrogens (primary N) is 1. The van der Waals surface area contributed by atoms with Crippen LogP contribution in [0.4, 0.5) is 0 Å². The molecule has 3 heterocycles. The summed E-state index contributed by atoms with van der Waals surface area (Å²) in [5, 5.41) is 16.0. The number of aldehydes is 2. The highest BCUT2D eigenvalue weighted by molar-refractivity contribution is 6.02. The molecule has 2 aromatic carbocycles. The number of Topliss-reactive ketones (excluding diaryl/α,β-unsaturated/α-hetero) is 2. The van der Waals surface area contributed by atoms with Gasteiger partial charge in [-0.2, -0.15) is 0 Å². The number of benzene rings is 2. The Balaban J connectivity index is 0.000000317. The summed E-state index contributed by atoms with van der Waals surface area (Å²) in [6, 6.07) is 21.0. The van der Waals surface area contributed by atoms with Crippen molar-refractivity contribution in [2.45, 2.75) is 50.9 Å². The third-order valence-corrected chi connectivity index (χ3v) is 6.43. The molecule has 13 heteroatoms. The standard InChI is InChI=1S/C14H17NO2.C7H9N.C5H6O5.C4H6O3.C4H6O/c16-14-6-12-9-17-10-13(7-14)15(12)8-11-4-2-1-3-5-11;8-6-7-4-2-1-3-5-7;6-3(1-4(7)8)2-5(9)10;5-1-3-7-4-2-6;1-2-4-5-3-1/h1-5,12-13H,6-10H2;1-5H,6,8H2;1-2H2,(H,7,8)(H,9,10);1-2H,3-4H2;1-2H,3-4H2. The lowest BCUT2D eigenvalue weighted by Gasteiger charge is -2.45. The van der Waals surface area contributed by atoms with Crippen LogP contribution in [0, 0.1) is 0 Å². The van der Waals surface area contributed by atoms with Crippen LogP contribution in [0.5, 0.6) is 0 Å². The molecule has 2 saturated heterocycles. The van der Waals surface area contributed by atoms with Crippen LogP contribution in [0.25, 0.3) is 0 Å². The summed E-state index contributed by atoms with van der Waals surface area (Å²) in [5.74, 6) is -3.00. The summed E-state index contributed by atoms with van der Waals surface area (Å²) in [5.41, 5.74) is 7.86. The lowest BCUT2D eigenvalue weighted by molar-refractivity contribution is -0.143. The van der Waals surface area contributed by atoms with E-state index >= 15 is 0 Å². The fraction of sp³-hybridized carbons (Fsp3) is 0.412. The third-order valence-electron chi connectivity index (χ3n) is 6.43. The monoisotopic (exact) mass is 656 g/mol. The Hall–Kier alpha value is -4.40. The van der Waals surface area contributed by atoms with Crippen LogP contribution in [-0.4, -0.2) is 103 Å². The largest absolute Gasteiger partial charge is 0.481 e. The second kappa shape index (κ2) is 25.8. The molecule has 3 aliphatic heterocycles. The van der Waals surface area contributed by atoms with E-state index in [0.29, 0.717) is 51.0 Å². The molecule has 0 saturated carbocycles. The molecule has 256 valence electrons. The fourth-order valence-corrected chi connectivity index (χ4v) is 4.36. The van der Waals surface area contributed by atoms with Gasteiger partial charge in [0.2, 0.25) is 0 Å². The molecule has 47 heavy (non-hydrogen) atoms. The van der Waals surface area contributed by atoms with Crippen molar-refractivity contribution in [1.29, 1.82) is 0 Å². The molecule has 0 amide bonds. The average Bonchev–Trinajstić information content (AvgIpc) is 3.64. The van der Waals surface area contributed by atoms with Crippen molar-refractivity contribution < 1.29 is 53.2 Å². The van der Waals surface area contributed by atoms with E-state index in [4.69, 9.17) is 25.4 Å². The van der Waals surface area contributed by atoms with Gasteiger partial charge in [0.05, 0.1) is 26.4 Å². The van der Waals surface area contributed by atoms with Gasteiger partial charge in [0.25, 0.3) is 0 Å². The number of rotatable bonds is 11. The van der Waals surface area contributed by atoms with Crippen LogP contribution in [-0.2, 0) is 56.1 Å². The number of ether oxygens (including phenoxy) is 3. The fourth-order valence-electron chi connectivity index (χ4n) is 4.36. The Morgan fingerprint density at radius 2 is 1.26 bits per heavy atom. The maximum Gasteiger partial charge on any atom is 0.310 e. The first kappa shape index (κ1) is 40.6. The first-order chi connectivity index (χ1) is 22.7. The van der Waals surface area contributed by atoms with Gasteiger partial charge in [-0.05, 0) is 11.1 Å². The summed E-state index contributed by atoms with van der Waals surface area (Å²) in [7, 11) is 0. The maximum atomic E-state index is 11.6. The smallest absolute Gasteiger partial charge is 0.310 e. The number of fused-ring (bicyclic) bond motifs is 2. The van der Waals surface area contributed by atoms with Gasteiger partial charge < -0.3 is 39.7 Å². The molecular formula is C34H44N2O11. The summed E-state index contributed by atoms with van der Waals surface area (Å²) in [4.78, 5) is 62.8. The number of piperidine rings is 1. The van der Waals surface area contributed by atoms with E-state index < -0.39 is 30.6 Å². The van der Waals surface area contributed by atoms with Crippen molar-refractivity contribution in [2.24, 2.45) is 5.73 Å². The average molecular weight is 657 g/mol. The molecule has 2 atom stereocenters. The van der Waals surface area contributed by atoms with Crippen LogP contribution in [0.2, 0.25) is 0 Å². The molecule has 0 radical (unpaired) electrons. The normalized spacial score (nSPS) is 17.4. The number of hydrogen-bond donors (Lipinski definition) is 3. The second-order valence-corrected chi connectivity index (χ2v) is 10.2. The van der Waals surface area contributed by atoms with E-state index in [-0.39, 0.29) is 25.3 Å². The molecule has 2 fully saturated rings. The number of hydrogen-bond acceptors (Lipinski definition) is 11. The van der Waals surface area contributed by atoms with E-state index in [1.807, 2.05) is 48.6 Å². The van der Waals surface area contributed by atoms with Crippen LogP contribution in [0.3, 0.4) is 0 Å². The van der Waals surface area contributed by atoms with Crippen LogP contribution < -0.4 is 5.73 Å². The third kappa shape index (κ3) is 20.4. The number of morpholine rings is 1. The first-order valence-corrected chi connectivity index (χ1v) is 15.0. The SMILES string of the molecule is C1=CCOC1.NCc1ccccc1.O=C(O)CC(=O)CC(=O)O.O=C1CC2COCC(C1)N2Cc1ccccc1.O=CCOCC=O. The highest BCUT2D eigenvalue weighted by atomic mass is 16.5. The molecule has 3 aliphatic rings. The Labute approximate surface area is 274 Å². The number of carboxylic acid groups (broad SMARTS) is 2. The zero-order valence-electron chi connectivity index (χ0n) is 26.3. The topological polar surface area (TPSA) is 200 Å². The van der Waals surface area contributed by atoms with Crippen molar-refractivity contribution in [3.05, 3.63) is 83.9 Å². The molecule has 0 aliphatic carbocycles. The number of carbonyl (C=O) groups excluding carboxylic acids is 4. The molecule has 2 unspecified atom stereocenters. The molecule has 2 aromatic rings. The van der Waals surface area contributed by atoms with Gasteiger partial charge in [-0.1, -0.05) is 72.8 Å². The van der Waals surface area contributed by atoms with E-state index in [1.165, 1.54) is 11.1 Å². The van der Waals surface area contributed by atoms with E-state index in [0.717, 1.165) is 19.8 Å². The lowest BCUT2D eigenvalue weighted by atomic mass is 9.92. The molecule has 2 bridgehead atoms. The van der Waals surface area contributed by atoms with Crippen molar-refractivity contribution in [3.8, 4) is 0 Å². The van der Waals surface area contributed by atoms with Gasteiger partial charge in [-0.3, -0.25) is 24.1 Å². The Morgan fingerprint density at radius 1 is 0.787 bits per heavy atom. The minimum absolute atomic E-state index is 0.0126. The first-order valence-electron chi connectivity index (χ1n) is 15.0.